The molecule has 1 rings (SSSR count). The highest BCUT2D eigenvalue weighted by Gasteiger charge is 2.14. The minimum atomic E-state index is -0.530. The van der Waals surface area contributed by atoms with Crippen molar-refractivity contribution >= 4 is 11.8 Å². The maximum Gasteiger partial charge on any atom is 0.433 e. The number of nitrogens with zero attached hydrogens (tertiary/aromatic N) is 1. The predicted molar refractivity (Wildman–Crippen MR) is 54.7 cm³/mol. The van der Waals surface area contributed by atoms with Crippen LogP contribution in [0.3, 0.4) is 0 Å². The van der Waals surface area contributed by atoms with Crippen molar-refractivity contribution in [1.29, 1.82) is 0 Å². The summed E-state index contributed by atoms with van der Waals surface area (Å²) >= 11 is 0. The van der Waals surface area contributed by atoms with Crippen LogP contribution in [0.4, 0.5) is 10.5 Å². The molecule has 1 amide bonds. The molecule has 0 saturated heterocycles. The molecule has 0 aliphatic carbocycles. The molecular weight excluding hydrogens is 180 g/mol. The Kier molecular flexibility index (Phi) is 3.94. The van der Waals surface area contributed by atoms with Crippen LogP contribution in [0.2, 0.25) is 0 Å². The molecule has 0 aliphatic heterocycles. The van der Waals surface area contributed by atoms with Crippen molar-refractivity contribution in [1.82, 2.24) is 0 Å². The molecule has 0 radical (unpaired) electrons. The molecule has 14 heavy (non-hydrogen) atoms. The van der Waals surface area contributed by atoms with Gasteiger partial charge in [0, 0.05) is 12.2 Å². The molecule has 1 aromatic carbocycles. The number of para-hydroxylation sites is 1. The Morgan fingerprint density at radius 1 is 1.43 bits per heavy atom. The molecule has 0 fully saturated rings. The maximum absolute atomic E-state index is 11.3. The van der Waals surface area contributed by atoms with E-state index in [0.29, 0.717) is 6.54 Å². The van der Waals surface area contributed by atoms with E-state index in [1.165, 1.54) is 4.90 Å². The lowest BCUT2D eigenvalue weighted by Gasteiger charge is -2.19. The van der Waals surface area contributed by atoms with Gasteiger partial charge in [-0.05, 0) is 18.6 Å². The molecule has 0 aliphatic rings. The van der Waals surface area contributed by atoms with Crippen LogP contribution in [0, 0.1) is 0 Å². The third-order valence-corrected chi connectivity index (χ3v) is 1.84. The van der Waals surface area contributed by atoms with Crippen molar-refractivity contribution in [2.24, 2.45) is 5.90 Å². The lowest BCUT2D eigenvalue weighted by atomic mass is 10.3. The van der Waals surface area contributed by atoms with Gasteiger partial charge in [0.05, 0.1) is 0 Å². The molecule has 0 unspecified atom stereocenters. The molecule has 4 nitrogen and oxygen atoms in total. The predicted octanol–water partition coefficient (Wildman–Crippen LogP) is 1.91. The number of hydrogen-bond acceptors (Lipinski definition) is 3. The number of amides is 1. The number of carbonyl (C=O) groups is 1. The molecule has 1 aromatic rings. The first-order chi connectivity index (χ1) is 6.79. The van der Waals surface area contributed by atoms with E-state index in [2.05, 4.69) is 4.84 Å². The van der Waals surface area contributed by atoms with Crippen molar-refractivity contribution < 1.29 is 9.63 Å². The van der Waals surface area contributed by atoms with Crippen LogP contribution in [0.15, 0.2) is 30.3 Å². The molecular formula is C10H14N2O2. The lowest BCUT2D eigenvalue weighted by molar-refractivity contribution is 0.155. The monoisotopic (exact) mass is 194 g/mol. The molecule has 0 bridgehead atoms. The largest absolute Gasteiger partial charge is 0.433 e. The van der Waals surface area contributed by atoms with E-state index in [1.54, 1.807) is 0 Å². The van der Waals surface area contributed by atoms with Gasteiger partial charge < -0.3 is 4.84 Å². The van der Waals surface area contributed by atoms with Gasteiger partial charge in [0.1, 0.15) is 0 Å². The van der Waals surface area contributed by atoms with Crippen molar-refractivity contribution in [2.45, 2.75) is 13.3 Å². The summed E-state index contributed by atoms with van der Waals surface area (Å²) in [5, 5.41) is 0. The molecule has 0 aromatic heterocycles. The topological polar surface area (TPSA) is 55.6 Å². The Balaban J connectivity index is 2.83. The van der Waals surface area contributed by atoms with Crippen molar-refractivity contribution in [3.05, 3.63) is 30.3 Å². The van der Waals surface area contributed by atoms with E-state index >= 15 is 0 Å². The molecule has 0 atom stereocenters. The number of hydrogen-bond donors (Lipinski definition) is 1. The molecule has 0 spiro atoms. The lowest BCUT2D eigenvalue weighted by Crippen LogP contribution is -2.33. The molecule has 4 heteroatoms. The molecule has 76 valence electrons. The first kappa shape index (κ1) is 10.5. The number of nitrogens with two attached hydrogens (primary N) is 1. The van der Waals surface area contributed by atoms with E-state index in [4.69, 9.17) is 5.90 Å². The van der Waals surface area contributed by atoms with E-state index in [9.17, 15) is 4.79 Å². The van der Waals surface area contributed by atoms with Gasteiger partial charge in [0.25, 0.3) is 0 Å². The van der Waals surface area contributed by atoms with Crippen LogP contribution in [-0.2, 0) is 4.84 Å². The molecule has 2 N–H and O–H groups in total. The second-order valence-corrected chi connectivity index (χ2v) is 2.87. The van der Waals surface area contributed by atoms with Crippen LogP contribution in [0.5, 0.6) is 0 Å². The zero-order valence-electron chi connectivity index (χ0n) is 8.14. The summed E-state index contributed by atoms with van der Waals surface area (Å²) < 4.78 is 0. The summed E-state index contributed by atoms with van der Waals surface area (Å²) in [4.78, 5) is 17.0. The molecule has 0 saturated carbocycles. The summed E-state index contributed by atoms with van der Waals surface area (Å²) in [6, 6.07) is 9.30. The number of anilines is 1. The maximum atomic E-state index is 11.3. The normalized spacial score (nSPS) is 9.57. The van der Waals surface area contributed by atoms with Gasteiger partial charge in [0.15, 0.2) is 0 Å². The smallest absolute Gasteiger partial charge is 0.356 e. The second kappa shape index (κ2) is 5.24. The van der Waals surface area contributed by atoms with Gasteiger partial charge >= 0.3 is 6.09 Å². The van der Waals surface area contributed by atoms with Gasteiger partial charge in [-0.1, -0.05) is 25.1 Å². The van der Waals surface area contributed by atoms with Crippen molar-refractivity contribution in [2.75, 3.05) is 11.4 Å². The fourth-order valence-electron chi connectivity index (χ4n) is 1.22. The Morgan fingerprint density at radius 2 is 2.07 bits per heavy atom. The van der Waals surface area contributed by atoms with E-state index in [1.807, 2.05) is 37.3 Å². The van der Waals surface area contributed by atoms with Crippen LogP contribution in [0.1, 0.15) is 13.3 Å². The van der Waals surface area contributed by atoms with E-state index < -0.39 is 6.09 Å². The second-order valence-electron chi connectivity index (χ2n) is 2.87. The van der Waals surface area contributed by atoms with Gasteiger partial charge in [-0.3, -0.25) is 4.90 Å². The first-order valence-corrected chi connectivity index (χ1v) is 4.53. The SMILES string of the molecule is CCCN(C(=O)ON)c1ccccc1. The zero-order chi connectivity index (χ0) is 10.4. The van der Waals surface area contributed by atoms with E-state index in [0.717, 1.165) is 12.1 Å². The number of benzene rings is 1. The Morgan fingerprint density at radius 3 is 2.57 bits per heavy atom. The standard InChI is InChI=1S/C10H14N2O2/c1-2-8-12(10(13)14-11)9-6-4-3-5-7-9/h3-7H,2,8,11H2,1H3. The summed E-state index contributed by atoms with van der Waals surface area (Å²) in [5.41, 5.74) is 0.796. The third-order valence-electron chi connectivity index (χ3n) is 1.84. The van der Waals surface area contributed by atoms with Crippen LogP contribution < -0.4 is 10.8 Å². The van der Waals surface area contributed by atoms with Crippen LogP contribution in [-0.4, -0.2) is 12.6 Å². The average Bonchev–Trinajstić information content (AvgIpc) is 2.26. The summed E-state index contributed by atoms with van der Waals surface area (Å²) in [5.74, 6) is 4.85. The van der Waals surface area contributed by atoms with Gasteiger partial charge in [-0.25, -0.2) is 4.79 Å². The van der Waals surface area contributed by atoms with Crippen LogP contribution in [0.25, 0.3) is 0 Å². The Bertz CT molecular complexity index is 287. The van der Waals surface area contributed by atoms with Crippen LogP contribution >= 0.6 is 0 Å². The Hall–Kier alpha value is -1.55. The fraction of sp³-hybridized carbons (Fsp3) is 0.300. The fourth-order valence-corrected chi connectivity index (χ4v) is 1.22. The van der Waals surface area contributed by atoms with E-state index in [-0.39, 0.29) is 0 Å². The number of carbonyl (C=O) groups excluding carboxylic acids is 1. The summed E-state index contributed by atoms with van der Waals surface area (Å²) in [7, 11) is 0. The highest BCUT2D eigenvalue weighted by Crippen LogP contribution is 2.14. The quantitative estimate of drug-likeness (QED) is 0.748. The van der Waals surface area contributed by atoms with Crippen molar-refractivity contribution in [3.8, 4) is 0 Å². The van der Waals surface area contributed by atoms with Gasteiger partial charge in [-0.15, -0.1) is 0 Å². The summed E-state index contributed by atoms with van der Waals surface area (Å²) in [6.45, 7) is 2.58. The molecule has 0 heterocycles. The van der Waals surface area contributed by atoms with Gasteiger partial charge in [0.2, 0.25) is 0 Å². The Labute approximate surface area is 83.2 Å². The zero-order valence-corrected chi connectivity index (χ0v) is 8.14. The van der Waals surface area contributed by atoms with Gasteiger partial charge in [-0.2, -0.15) is 5.90 Å². The summed E-state index contributed by atoms with van der Waals surface area (Å²) in [6.07, 6.45) is 0.322. The third kappa shape index (κ3) is 2.47. The average molecular weight is 194 g/mol. The highest BCUT2D eigenvalue weighted by atomic mass is 16.7. The highest BCUT2D eigenvalue weighted by molar-refractivity contribution is 5.87. The van der Waals surface area contributed by atoms with Crippen molar-refractivity contribution in [3.63, 3.8) is 0 Å². The number of rotatable bonds is 3. The minimum Gasteiger partial charge on any atom is -0.356 e. The minimum absolute atomic E-state index is 0.530. The first-order valence-electron chi connectivity index (χ1n) is 4.53.